The molecule has 0 spiro atoms. The van der Waals surface area contributed by atoms with Crippen LogP contribution < -0.4 is 16.2 Å². The van der Waals surface area contributed by atoms with Gasteiger partial charge in [-0.1, -0.05) is 11.3 Å². The van der Waals surface area contributed by atoms with Crippen molar-refractivity contribution in [2.45, 2.75) is 18.1 Å². The van der Waals surface area contributed by atoms with Crippen molar-refractivity contribution in [3.63, 3.8) is 0 Å². The molecule has 0 aromatic carbocycles. The SMILES string of the molecule is NCCCC(C(=O)Nc1nncs1)S(N)(=O)=O. The Morgan fingerprint density at radius 2 is 2.29 bits per heavy atom. The third-order valence-corrected chi connectivity index (χ3v) is 3.80. The first-order valence-electron chi connectivity index (χ1n) is 4.74. The number of rotatable bonds is 6. The van der Waals surface area contributed by atoms with Crippen molar-refractivity contribution in [1.82, 2.24) is 10.2 Å². The predicted molar refractivity (Wildman–Crippen MR) is 63.7 cm³/mol. The molecule has 1 heterocycles. The van der Waals surface area contributed by atoms with Crippen LogP contribution in [0.2, 0.25) is 0 Å². The molecule has 1 rings (SSSR count). The van der Waals surface area contributed by atoms with Crippen LogP contribution in [-0.4, -0.2) is 36.3 Å². The second-order valence-corrected chi connectivity index (χ2v) is 5.82. The highest BCUT2D eigenvalue weighted by atomic mass is 32.2. The van der Waals surface area contributed by atoms with Crippen molar-refractivity contribution >= 4 is 32.4 Å². The first-order valence-corrected chi connectivity index (χ1v) is 7.22. The van der Waals surface area contributed by atoms with Crippen molar-refractivity contribution in [1.29, 1.82) is 0 Å². The number of amides is 1. The number of nitrogens with zero attached hydrogens (tertiary/aromatic N) is 2. The van der Waals surface area contributed by atoms with Gasteiger partial charge in [-0.15, -0.1) is 10.2 Å². The number of nitrogens with one attached hydrogen (secondary N) is 1. The fraction of sp³-hybridized carbons (Fsp3) is 0.571. The molecule has 1 atom stereocenters. The van der Waals surface area contributed by atoms with Gasteiger partial charge in [0.15, 0.2) is 5.25 Å². The van der Waals surface area contributed by atoms with Crippen molar-refractivity contribution in [2.24, 2.45) is 10.9 Å². The van der Waals surface area contributed by atoms with Crippen LogP contribution in [0.5, 0.6) is 0 Å². The van der Waals surface area contributed by atoms with Gasteiger partial charge in [-0.3, -0.25) is 10.1 Å². The summed E-state index contributed by atoms with van der Waals surface area (Å²) in [5, 5.41) is 13.3. The summed E-state index contributed by atoms with van der Waals surface area (Å²) in [4.78, 5) is 11.7. The fourth-order valence-corrected chi connectivity index (χ4v) is 2.46. The van der Waals surface area contributed by atoms with Crippen molar-refractivity contribution in [3.05, 3.63) is 5.51 Å². The average Bonchev–Trinajstić information content (AvgIpc) is 2.69. The minimum atomic E-state index is -3.95. The number of aromatic nitrogens is 2. The second-order valence-electron chi connectivity index (χ2n) is 3.24. The number of sulfonamides is 1. The van der Waals surface area contributed by atoms with Gasteiger partial charge in [0.25, 0.3) is 0 Å². The summed E-state index contributed by atoms with van der Waals surface area (Å²) in [7, 11) is -3.95. The Hall–Kier alpha value is -1.10. The minimum absolute atomic E-state index is 0.0833. The Balaban J connectivity index is 2.73. The highest BCUT2D eigenvalue weighted by Crippen LogP contribution is 2.12. The zero-order valence-electron chi connectivity index (χ0n) is 8.87. The van der Waals surface area contributed by atoms with Crippen LogP contribution in [-0.2, 0) is 14.8 Å². The first kappa shape index (κ1) is 14.0. The number of anilines is 1. The zero-order valence-corrected chi connectivity index (χ0v) is 10.5. The quantitative estimate of drug-likeness (QED) is 0.601. The molecule has 5 N–H and O–H groups in total. The molecule has 1 aromatic heterocycles. The molecule has 0 aliphatic rings. The minimum Gasteiger partial charge on any atom is -0.330 e. The molecule has 10 heteroatoms. The number of hydrogen-bond acceptors (Lipinski definition) is 7. The molecule has 96 valence electrons. The van der Waals surface area contributed by atoms with E-state index in [0.717, 1.165) is 11.3 Å². The number of primary sulfonamides is 1. The van der Waals surface area contributed by atoms with Crippen molar-refractivity contribution in [3.8, 4) is 0 Å². The molecule has 0 aliphatic heterocycles. The molecule has 8 nitrogen and oxygen atoms in total. The van der Waals surface area contributed by atoms with Crippen molar-refractivity contribution < 1.29 is 13.2 Å². The van der Waals surface area contributed by atoms with Gasteiger partial charge in [-0.05, 0) is 19.4 Å². The lowest BCUT2D eigenvalue weighted by atomic mass is 10.2. The highest BCUT2D eigenvalue weighted by Gasteiger charge is 2.29. The van der Waals surface area contributed by atoms with Gasteiger partial charge in [-0.2, -0.15) is 0 Å². The summed E-state index contributed by atoms with van der Waals surface area (Å²) in [6.07, 6.45) is 0.477. The lowest BCUT2D eigenvalue weighted by Gasteiger charge is -2.12. The maximum atomic E-state index is 11.7. The normalized spacial score (nSPS) is 13.3. The summed E-state index contributed by atoms with van der Waals surface area (Å²) in [6.45, 7) is 0.290. The molecule has 0 bridgehead atoms. The largest absolute Gasteiger partial charge is 0.330 e. The Kier molecular flexibility index (Phi) is 4.93. The maximum Gasteiger partial charge on any atom is 0.245 e. The molecule has 1 aromatic rings. The van der Waals surface area contributed by atoms with E-state index in [1.807, 2.05) is 0 Å². The van der Waals surface area contributed by atoms with Crippen LogP contribution in [0.3, 0.4) is 0 Å². The highest BCUT2D eigenvalue weighted by molar-refractivity contribution is 7.90. The molecule has 17 heavy (non-hydrogen) atoms. The molecule has 1 amide bonds. The van der Waals surface area contributed by atoms with Gasteiger partial charge < -0.3 is 5.73 Å². The van der Waals surface area contributed by atoms with E-state index in [1.54, 1.807) is 0 Å². The lowest BCUT2D eigenvalue weighted by molar-refractivity contribution is -0.115. The fourth-order valence-electron chi connectivity index (χ4n) is 1.16. The molecule has 0 fully saturated rings. The molecule has 0 radical (unpaired) electrons. The summed E-state index contributed by atoms with van der Waals surface area (Å²) < 4.78 is 22.5. The van der Waals surface area contributed by atoms with E-state index in [-0.39, 0.29) is 18.1 Å². The number of hydrogen-bond donors (Lipinski definition) is 3. The van der Waals surface area contributed by atoms with Crippen LogP contribution in [0.1, 0.15) is 12.8 Å². The predicted octanol–water partition coefficient (Wildman–Crippen LogP) is -1.13. The summed E-state index contributed by atoms with van der Waals surface area (Å²) in [5.74, 6) is -0.710. The number of nitrogens with two attached hydrogens (primary N) is 2. The van der Waals surface area contributed by atoms with E-state index in [0.29, 0.717) is 6.42 Å². The average molecular weight is 279 g/mol. The Morgan fingerprint density at radius 1 is 1.59 bits per heavy atom. The Bertz CT molecular complexity index is 458. The van der Waals surface area contributed by atoms with E-state index >= 15 is 0 Å². The lowest BCUT2D eigenvalue weighted by Crippen LogP contribution is -2.39. The summed E-state index contributed by atoms with van der Waals surface area (Å²) in [5.41, 5.74) is 6.69. The van der Waals surface area contributed by atoms with E-state index in [1.165, 1.54) is 5.51 Å². The second kappa shape index (κ2) is 6.00. The van der Waals surface area contributed by atoms with Crippen LogP contribution in [0.25, 0.3) is 0 Å². The van der Waals surface area contributed by atoms with Gasteiger partial charge in [0.05, 0.1) is 0 Å². The molecular weight excluding hydrogens is 266 g/mol. The van der Waals surface area contributed by atoms with Gasteiger partial charge in [-0.25, -0.2) is 13.6 Å². The van der Waals surface area contributed by atoms with Crippen LogP contribution in [0.4, 0.5) is 5.13 Å². The molecule has 0 aliphatic carbocycles. The molecule has 0 saturated heterocycles. The standard InChI is InChI=1S/C7H13N5O3S2/c8-3-1-2-5(17(9,14)15)6(13)11-7-12-10-4-16-7/h4-5H,1-3,8H2,(H2,9,14,15)(H,11,12,13). The third kappa shape index (κ3) is 4.34. The van der Waals surface area contributed by atoms with Crippen LogP contribution in [0, 0.1) is 0 Å². The molecular formula is C7H13N5O3S2. The van der Waals surface area contributed by atoms with Crippen LogP contribution in [0.15, 0.2) is 5.51 Å². The van der Waals surface area contributed by atoms with Gasteiger partial charge >= 0.3 is 0 Å². The topological polar surface area (TPSA) is 141 Å². The Labute approximate surface area is 102 Å². The first-order chi connectivity index (χ1) is 7.95. The smallest absolute Gasteiger partial charge is 0.245 e. The zero-order chi connectivity index (χ0) is 12.9. The molecule has 1 unspecified atom stereocenters. The van der Waals surface area contributed by atoms with Gasteiger partial charge in [0.1, 0.15) is 5.51 Å². The Morgan fingerprint density at radius 3 is 2.76 bits per heavy atom. The van der Waals surface area contributed by atoms with Gasteiger partial charge in [0.2, 0.25) is 21.1 Å². The van der Waals surface area contributed by atoms with E-state index in [4.69, 9.17) is 10.9 Å². The summed E-state index contributed by atoms with van der Waals surface area (Å²) >= 11 is 1.09. The third-order valence-electron chi connectivity index (χ3n) is 1.95. The van der Waals surface area contributed by atoms with Crippen molar-refractivity contribution in [2.75, 3.05) is 11.9 Å². The molecule has 0 saturated carbocycles. The van der Waals surface area contributed by atoms with E-state index in [9.17, 15) is 13.2 Å². The maximum absolute atomic E-state index is 11.7. The van der Waals surface area contributed by atoms with E-state index in [2.05, 4.69) is 15.5 Å². The van der Waals surface area contributed by atoms with E-state index < -0.39 is 21.2 Å². The summed E-state index contributed by atoms with van der Waals surface area (Å²) in [6, 6.07) is 0. The van der Waals surface area contributed by atoms with Crippen LogP contribution >= 0.6 is 11.3 Å². The monoisotopic (exact) mass is 279 g/mol. The number of carbonyl (C=O) groups excluding carboxylic acids is 1. The number of carbonyl (C=O) groups is 1. The van der Waals surface area contributed by atoms with Gasteiger partial charge in [0, 0.05) is 0 Å².